The van der Waals surface area contributed by atoms with Gasteiger partial charge in [-0.25, -0.2) is 9.97 Å². The Balaban J connectivity index is 1.25. The molecule has 2 atom stereocenters. The van der Waals surface area contributed by atoms with Gasteiger partial charge in [-0.2, -0.15) is 4.98 Å². The van der Waals surface area contributed by atoms with Crippen molar-refractivity contribution >= 4 is 34.6 Å². The molecule has 3 aromatic heterocycles. The summed E-state index contributed by atoms with van der Waals surface area (Å²) in [7, 11) is 3.53. The van der Waals surface area contributed by atoms with Crippen molar-refractivity contribution < 1.29 is 9.59 Å². The van der Waals surface area contributed by atoms with Gasteiger partial charge in [-0.1, -0.05) is 12.8 Å². The van der Waals surface area contributed by atoms with Gasteiger partial charge in [-0.3, -0.25) is 9.59 Å². The number of hydrogen-bond acceptors (Lipinski definition) is 7. The summed E-state index contributed by atoms with van der Waals surface area (Å²) in [5.41, 5.74) is 1.99. The molecule has 5 heterocycles. The molecule has 3 aromatic rings. The summed E-state index contributed by atoms with van der Waals surface area (Å²) in [5.74, 6) is 0.971. The Hall–Kier alpha value is -3.53. The van der Waals surface area contributed by atoms with Gasteiger partial charge in [-0.05, 0) is 37.5 Å². The van der Waals surface area contributed by atoms with E-state index in [0.29, 0.717) is 29.1 Å². The molecular formula is C25H30N8O2. The number of nitrogens with zero attached hydrogens (tertiary/aromatic N) is 6. The minimum Gasteiger partial charge on any atom is -0.343 e. The maximum Gasteiger partial charge on any atom is 0.270 e. The van der Waals surface area contributed by atoms with Crippen molar-refractivity contribution in [3.05, 3.63) is 41.9 Å². The van der Waals surface area contributed by atoms with Gasteiger partial charge in [0.25, 0.3) is 11.8 Å². The van der Waals surface area contributed by atoms with Crippen molar-refractivity contribution in [1.29, 1.82) is 0 Å². The molecule has 2 saturated heterocycles. The van der Waals surface area contributed by atoms with Crippen LogP contribution < -0.4 is 10.6 Å². The maximum atomic E-state index is 12.9. The molecule has 1 unspecified atom stereocenters. The molecule has 10 nitrogen and oxygen atoms in total. The lowest BCUT2D eigenvalue weighted by Gasteiger charge is -2.27. The Bertz CT molecular complexity index is 1280. The van der Waals surface area contributed by atoms with Gasteiger partial charge in [0.2, 0.25) is 5.95 Å². The zero-order chi connectivity index (χ0) is 24.1. The predicted molar refractivity (Wildman–Crippen MR) is 132 cm³/mol. The minimum absolute atomic E-state index is 0.0307. The van der Waals surface area contributed by atoms with Gasteiger partial charge in [0.15, 0.2) is 0 Å². The van der Waals surface area contributed by atoms with Crippen molar-refractivity contribution in [2.45, 2.75) is 50.2 Å². The van der Waals surface area contributed by atoms with E-state index in [-0.39, 0.29) is 23.9 Å². The summed E-state index contributed by atoms with van der Waals surface area (Å²) in [5, 5.41) is 7.42. The van der Waals surface area contributed by atoms with E-state index in [9.17, 15) is 9.59 Å². The van der Waals surface area contributed by atoms with Crippen LogP contribution >= 0.6 is 0 Å². The SMILES string of the molecule is CN(C)C(=O)c1cc2cnc(Nc3ccc(C(=O)N4C[C@@H]5CC4CN5)cn3)nc2n1C1CCCC1. The molecule has 182 valence electrons. The number of rotatable bonds is 5. The van der Waals surface area contributed by atoms with E-state index < -0.39 is 0 Å². The number of nitrogens with one attached hydrogen (secondary N) is 2. The van der Waals surface area contributed by atoms with Crippen LogP contribution in [0.3, 0.4) is 0 Å². The number of likely N-dealkylation sites (tertiary alicyclic amines) is 1. The Morgan fingerprint density at radius 2 is 1.94 bits per heavy atom. The minimum atomic E-state index is -0.0339. The summed E-state index contributed by atoms with van der Waals surface area (Å²) in [6, 6.07) is 6.43. The highest BCUT2D eigenvalue weighted by Crippen LogP contribution is 2.35. The summed E-state index contributed by atoms with van der Waals surface area (Å²) < 4.78 is 2.09. The zero-order valence-corrected chi connectivity index (χ0v) is 20.1. The standard InChI is InChI=1S/C25H30N8O2/c1-31(2)24(35)20-9-16-12-28-25(30-22(16)33(20)18-5-3-4-6-18)29-21-8-7-15(11-27-21)23(34)32-14-17-10-19(32)13-26-17/h7-9,11-12,17-19,26H,3-6,10,13-14H2,1-2H3,(H,27,28,29,30)/t17-,19?/m0/s1. The van der Waals surface area contributed by atoms with Gasteiger partial charge < -0.3 is 25.0 Å². The molecule has 35 heavy (non-hydrogen) atoms. The molecule has 0 radical (unpaired) electrons. The first kappa shape index (κ1) is 22.0. The Morgan fingerprint density at radius 3 is 2.60 bits per heavy atom. The maximum absolute atomic E-state index is 12.9. The molecule has 3 fully saturated rings. The summed E-state index contributed by atoms with van der Waals surface area (Å²) in [4.78, 5) is 43.0. The Morgan fingerprint density at radius 1 is 1.11 bits per heavy atom. The third kappa shape index (κ3) is 3.91. The van der Waals surface area contributed by atoms with E-state index in [1.54, 1.807) is 43.5 Å². The van der Waals surface area contributed by atoms with Crippen LogP contribution in [-0.2, 0) is 0 Å². The van der Waals surface area contributed by atoms with Gasteiger partial charge in [0.05, 0.1) is 5.56 Å². The molecule has 2 aliphatic heterocycles. The van der Waals surface area contributed by atoms with Crippen LogP contribution in [0.25, 0.3) is 11.0 Å². The second kappa shape index (κ2) is 8.60. The van der Waals surface area contributed by atoms with Gasteiger partial charge in [0, 0.05) is 63.1 Å². The molecule has 1 aliphatic carbocycles. The fraction of sp³-hybridized carbons (Fsp3) is 0.480. The number of hydrogen-bond donors (Lipinski definition) is 2. The van der Waals surface area contributed by atoms with E-state index in [4.69, 9.17) is 4.98 Å². The first-order chi connectivity index (χ1) is 17.0. The van der Waals surface area contributed by atoms with Crippen molar-refractivity contribution in [3.63, 3.8) is 0 Å². The summed E-state index contributed by atoms with van der Waals surface area (Å²) in [6.07, 6.45) is 8.77. The van der Waals surface area contributed by atoms with Gasteiger partial charge in [-0.15, -0.1) is 0 Å². The molecule has 3 aliphatic rings. The first-order valence-corrected chi connectivity index (χ1v) is 12.3. The predicted octanol–water partition coefficient (Wildman–Crippen LogP) is 2.57. The smallest absolute Gasteiger partial charge is 0.270 e. The normalized spacial score (nSPS) is 21.7. The third-order valence-electron chi connectivity index (χ3n) is 7.46. The van der Waals surface area contributed by atoms with Crippen LogP contribution in [0.15, 0.2) is 30.6 Å². The second-order valence-corrected chi connectivity index (χ2v) is 10.0. The van der Waals surface area contributed by atoms with E-state index in [2.05, 4.69) is 25.2 Å². The summed E-state index contributed by atoms with van der Waals surface area (Å²) in [6.45, 7) is 1.63. The molecule has 10 heteroatoms. The lowest BCUT2D eigenvalue weighted by Crippen LogP contribution is -2.46. The Labute approximate surface area is 203 Å². The van der Waals surface area contributed by atoms with Crippen LogP contribution in [0, 0.1) is 0 Å². The lowest BCUT2D eigenvalue weighted by atomic mass is 10.2. The second-order valence-electron chi connectivity index (χ2n) is 10.0. The Kier molecular flexibility index (Phi) is 5.40. The van der Waals surface area contributed by atoms with E-state index >= 15 is 0 Å². The van der Waals surface area contributed by atoms with E-state index in [1.165, 1.54) is 0 Å². The van der Waals surface area contributed by atoms with Crippen molar-refractivity contribution in [3.8, 4) is 0 Å². The average molecular weight is 475 g/mol. The monoisotopic (exact) mass is 474 g/mol. The molecule has 1 saturated carbocycles. The highest BCUT2D eigenvalue weighted by atomic mass is 16.2. The summed E-state index contributed by atoms with van der Waals surface area (Å²) >= 11 is 0. The number of carbonyl (C=O) groups is 2. The van der Waals surface area contributed by atoms with Gasteiger partial charge >= 0.3 is 0 Å². The number of anilines is 2. The lowest BCUT2D eigenvalue weighted by molar-refractivity contribution is 0.0715. The van der Waals surface area contributed by atoms with Gasteiger partial charge in [0.1, 0.15) is 17.2 Å². The average Bonchev–Trinajstić information content (AvgIpc) is 3.67. The fourth-order valence-electron chi connectivity index (χ4n) is 5.68. The highest BCUT2D eigenvalue weighted by Gasteiger charge is 2.40. The van der Waals surface area contributed by atoms with Crippen molar-refractivity contribution in [2.75, 3.05) is 32.5 Å². The van der Waals surface area contributed by atoms with Crippen molar-refractivity contribution in [1.82, 2.24) is 34.6 Å². The number of pyridine rings is 1. The molecule has 0 spiro atoms. The zero-order valence-electron chi connectivity index (χ0n) is 20.1. The number of fused-ring (bicyclic) bond motifs is 3. The number of piperazine rings is 1. The number of aromatic nitrogens is 4. The van der Waals surface area contributed by atoms with Crippen molar-refractivity contribution in [2.24, 2.45) is 0 Å². The molecule has 2 amide bonds. The third-order valence-corrected chi connectivity index (χ3v) is 7.46. The molecule has 2 bridgehead atoms. The van der Waals surface area contributed by atoms with E-state index in [1.807, 2.05) is 11.0 Å². The number of carbonyl (C=O) groups excluding carboxylic acids is 2. The van der Waals surface area contributed by atoms with Crippen LogP contribution in [0.5, 0.6) is 0 Å². The molecule has 2 N–H and O–H groups in total. The fourth-order valence-corrected chi connectivity index (χ4v) is 5.68. The topological polar surface area (TPSA) is 108 Å². The van der Waals surface area contributed by atoms with Crippen LogP contribution in [0.4, 0.5) is 11.8 Å². The van der Waals surface area contributed by atoms with Crippen LogP contribution in [0.2, 0.25) is 0 Å². The largest absolute Gasteiger partial charge is 0.343 e. The quantitative estimate of drug-likeness (QED) is 0.585. The molecule has 6 rings (SSSR count). The molecule has 0 aromatic carbocycles. The van der Waals surface area contributed by atoms with Crippen LogP contribution in [-0.4, -0.2) is 80.4 Å². The van der Waals surface area contributed by atoms with Crippen LogP contribution in [0.1, 0.15) is 59.0 Å². The number of amides is 2. The highest BCUT2D eigenvalue weighted by molar-refractivity contribution is 5.98. The molecular weight excluding hydrogens is 444 g/mol. The van der Waals surface area contributed by atoms with E-state index in [0.717, 1.165) is 56.2 Å². The first-order valence-electron chi connectivity index (χ1n) is 12.3.